The highest BCUT2D eigenvalue weighted by atomic mass is 16.4. The number of aliphatic hydroxyl groups is 1. The molecular weight excluding hydrogens is 1060 g/mol. The van der Waals surface area contributed by atoms with Gasteiger partial charge in [0.05, 0.1) is 12.6 Å². The van der Waals surface area contributed by atoms with E-state index in [-0.39, 0.29) is 114 Å². The Morgan fingerprint density at radius 1 is 0.585 bits per heavy atom. The molecule has 29 heteroatoms. The number of guanidine groups is 3. The van der Waals surface area contributed by atoms with Gasteiger partial charge >= 0.3 is 5.97 Å². The first-order valence-corrected chi connectivity index (χ1v) is 27.9. The Morgan fingerprint density at radius 3 is 1.51 bits per heavy atom. The van der Waals surface area contributed by atoms with Crippen LogP contribution in [-0.4, -0.2) is 173 Å². The van der Waals surface area contributed by atoms with Crippen molar-refractivity contribution in [1.82, 2.24) is 42.1 Å². The van der Waals surface area contributed by atoms with Crippen LogP contribution in [0, 0.1) is 17.8 Å². The van der Waals surface area contributed by atoms with Gasteiger partial charge in [0.2, 0.25) is 47.3 Å². The first-order chi connectivity index (χ1) is 38.7. The number of nitrogens with zero attached hydrogens (tertiary/aromatic N) is 4. The molecule has 8 amide bonds. The normalized spacial score (nSPS) is 16.3. The largest absolute Gasteiger partial charge is 0.480 e. The number of rotatable bonds is 37. The Kier molecular flexibility index (Phi) is 31.3. The number of carbonyl (C=O) groups excluding carboxylic acids is 8. The third-order valence-electron chi connectivity index (χ3n) is 13.5. The summed E-state index contributed by atoms with van der Waals surface area (Å²) in [6, 6.07) is -2.87. The molecule has 1 aromatic rings. The van der Waals surface area contributed by atoms with E-state index in [4.69, 9.17) is 40.1 Å². The second-order valence-electron chi connectivity index (χ2n) is 21.4. The average molecular weight is 1160 g/mol. The van der Waals surface area contributed by atoms with E-state index in [1.165, 1.54) is 4.90 Å². The van der Waals surface area contributed by atoms with Crippen molar-refractivity contribution in [3.63, 3.8) is 0 Å². The summed E-state index contributed by atoms with van der Waals surface area (Å²) in [6.45, 7) is 10.4. The molecule has 0 bridgehead atoms. The molecule has 2 rings (SSSR count). The fourth-order valence-electron chi connectivity index (χ4n) is 8.92. The molecule has 0 spiro atoms. The van der Waals surface area contributed by atoms with Gasteiger partial charge in [-0.3, -0.25) is 53.3 Å². The Morgan fingerprint density at radius 2 is 1.02 bits per heavy atom. The van der Waals surface area contributed by atoms with Gasteiger partial charge in [0, 0.05) is 32.6 Å². The van der Waals surface area contributed by atoms with Crippen molar-refractivity contribution in [2.45, 2.75) is 173 Å². The summed E-state index contributed by atoms with van der Waals surface area (Å²) in [5.74, 6) is -8.67. The monoisotopic (exact) mass is 1160 g/mol. The van der Waals surface area contributed by atoms with Crippen molar-refractivity contribution in [2.75, 3.05) is 32.8 Å². The molecule has 23 N–H and O–H groups in total. The van der Waals surface area contributed by atoms with Crippen LogP contribution in [0.5, 0.6) is 0 Å². The molecule has 29 nitrogen and oxygen atoms in total. The molecule has 0 radical (unpaired) electrons. The number of aliphatic carboxylic acids is 1. The summed E-state index contributed by atoms with van der Waals surface area (Å²) >= 11 is 0. The lowest BCUT2D eigenvalue weighted by Gasteiger charge is -2.32. The van der Waals surface area contributed by atoms with Crippen LogP contribution in [0.2, 0.25) is 0 Å². The lowest BCUT2D eigenvalue weighted by atomic mass is 9.96. The smallest absolute Gasteiger partial charge is 0.326 e. The molecule has 1 saturated heterocycles. The van der Waals surface area contributed by atoms with Gasteiger partial charge in [0.15, 0.2) is 17.9 Å². The number of nitrogens with one attached hydrogen (secondary N) is 7. The number of carbonyl (C=O) groups is 9. The predicted octanol–water partition coefficient (Wildman–Crippen LogP) is -3.68. The summed E-state index contributed by atoms with van der Waals surface area (Å²) in [4.78, 5) is 138. The van der Waals surface area contributed by atoms with E-state index in [9.17, 15) is 53.4 Å². The first-order valence-electron chi connectivity index (χ1n) is 27.9. The molecular formula is C53H92N18O11. The molecule has 460 valence electrons. The van der Waals surface area contributed by atoms with Gasteiger partial charge in [-0.25, -0.2) is 4.79 Å². The third kappa shape index (κ3) is 25.7. The number of nitrogens with two attached hydrogens (primary N) is 7. The van der Waals surface area contributed by atoms with Crippen LogP contribution in [0.1, 0.15) is 118 Å². The SMILES string of the molecule is CCC(C)C(NC(=O)C1CCCN1C(=O)C(CC(C)C)NC(=O)C(CCCN=C(N)N)NC(=O)C(N)CCCN=C(N)N)C(=O)NC(Cc1ccccc1)C(=O)NC(CO)C(=O)NC(CCCN=C(N)N)C(=O)NC(CC(C)C)C(=O)O. The van der Waals surface area contributed by atoms with Gasteiger partial charge in [-0.2, -0.15) is 0 Å². The fraction of sp³-hybridized carbons (Fsp3) is 0.660. The Balaban J connectivity index is 2.41. The molecule has 1 aliphatic rings. The van der Waals surface area contributed by atoms with Crippen molar-refractivity contribution in [3.05, 3.63) is 35.9 Å². The van der Waals surface area contributed by atoms with Gasteiger partial charge in [0.1, 0.15) is 48.3 Å². The van der Waals surface area contributed by atoms with E-state index in [0.29, 0.717) is 24.8 Å². The molecule has 1 aromatic carbocycles. The van der Waals surface area contributed by atoms with Crippen LogP contribution in [0.15, 0.2) is 45.3 Å². The molecule has 0 aromatic heterocycles. The molecule has 0 saturated carbocycles. The zero-order valence-electron chi connectivity index (χ0n) is 48.2. The van der Waals surface area contributed by atoms with E-state index < -0.39 is 120 Å². The second-order valence-corrected chi connectivity index (χ2v) is 21.4. The Bertz CT molecular complexity index is 2340. The summed E-state index contributed by atoms with van der Waals surface area (Å²) < 4.78 is 0. The quantitative estimate of drug-likeness (QED) is 0.0173. The molecule has 10 atom stereocenters. The van der Waals surface area contributed by atoms with Crippen LogP contribution in [-0.2, 0) is 49.6 Å². The lowest BCUT2D eigenvalue weighted by Crippen LogP contribution is -2.61. The zero-order chi connectivity index (χ0) is 61.6. The lowest BCUT2D eigenvalue weighted by molar-refractivity contribution is -0.143. The van der Waals surface area contributed by atoms with Crippen LogP contribution in [0.3, 0.4) is 0 Å². The first kappa shape index (κ1) is 70.3. The topological polar surface area (TPSA) is 501 Å². The van der Waals surface area contributed by atoms with Crippen LogP contribution in [0.25, 0.3) is 0 Å². The Hall–Kier alpha value is -7.82. The standard InChI is InChI=1S/C53H92N18O11/c1-7-31(6)41(70-47(78)40-20-14-24-71(40)49(80)37(25-29(2)3)67-43(74)34(18-12-22-62-52(57)58)64-42(73)33(54)17-11-21-61-51(55)56)48(79)66-36(27-32-15-9-8-10-16-32)45(76)69-39(28-72)46(77)65-35(19-13-23-63-53(59)60)44(75)68-38(50(81)82)26-30(4)5/h8-10,15-16,29-31,33-41,72H,7,11-14,17-28,54H2,1-6H3,(H,64,73)(H,65,77)(H,66,79)(H,67,74)(H,68,75)(H,69,76)(H,70,78)(H,81,82)(H4,55,56,61)(H4,57,58,62)(H4,59,60,63). The average Bonchev–Trinajstić information content (AvgIpc) is 4.06. The van der Waals surface area contributed by atoms with Gasteiger partial charge in [-0.1, -0.05) is 78.3 Å². The van der Waals surface area contributed by atoms with E-state index in [1.807, 2.05) is 13.8 Å². The van der Waals surface area contributed by atoms with Gasteiger partial charge < -0.3 is 92.5 Å². The van der Waals surface area contributed by atoms with Gasteiger partial charge in [-0.05, 0) is 87.5 Å². The number of aliphatic imine (C=N–C) groups is 3. The minimum absolute atomic E-state index is 0.0581. The van der Waals surface area contributed by atoms with Crippen molar-refractivity contribution in [3.8, 4) is 0 Å². The van der Waals surface area contributed by atoms with Crippen LogP contribution >= 0.6 is 0 Å². The maximum Gasteiger partial charge on any atom is 0.326 e. The molecule has 1 heterocycles. The highest BCUT2D eigenvalue weighted by Crippen LogP contribution is 2.22. The number of hydrogen-bond donors (Lipinski definition) is 16. The van der Waals surface area contributed by atoms with Crippen molar-refractivity contribution in [2.24, 2.45) is 72.9 Å². The van der Waals surface area contributed by atoms with E-state index in [0.717, 1.165) is 0 Å². The third-order valence-corrected chi connectivity index (χ3v) is 13.5. The molecule has 1 aliphatic heterocycles. The maximum absolute atomic E-state index is 14.6. The van der Waals surface area contributed by atoms with Crippen molar-refractivity contribution < 1.29 is 53.4 Å². The number of aliphatic hydroxyl groups excluding tert-OH is 1. The summed E-state index contributed by atoms with van der Waals surface area (Å²) in [5.41, 5.74) is 39.4. The molecule has 0 aliphatic carbocycles. The number of amides is 8. The predicted molar refractivity (Wildman–Crippen MR) is 309 cm³/mol. The summed E-state index contributed by atoms with van der Waals surface area (Å²) in [7, 11) is 0. The highest BCUT2D eigenvalue weighted by molar-refractivity contribution is 5.98. The highest BCUT2D eigenvalue weighted by Gasteiger charge is 2.41. The number of likely N-dealkylation sites (tertiary alicyclic amines) is 1. The van der Waals surface area contributed by atoms with E-state index in [1.54, 1.807) is 58.0 Å². The van der Waals surface area contributed by atoms with Crippen molar-refractivity contribution >= 4 is 71.1 Å². The number of hydrogen-bond acceptors (Lipinski definition) is 14. The van der Waals surface area contributed by atoms with E-state index >= 15 is 0 Å². The zero-order valence-corrected chi connectivity index (χ0v) is 48.2. The maximum atomic E-state index is 14.6. The number of carboxylic acids is 1. The van der Waals surface area contributed by atoms with Gasteiger partial charge in [0.25, 0.3) is 0 Å². The summed E-state index contributed by atoms with van der Waals surface area (Å²) in [5, 5.41) is 38.7. The molecule has 82 heavy (non-hydrogen) atoms. The van der Waals surface area contributed by atoms with E-state index in [2.05, 4.69) is 52.2 Å². The number of carboxylic acid groups (broad SMARTS) is 1. The number of benzene rings is 1. The molecule has 10 unspecified atom stereocenters. The minimum Gasteiger partial charge on any atom is -0.480 e. The fourth-order valence-corrected chi connectivity index (χ4v) is 8.92. The van der Waals surface area contributed by atoms with Crippen LogP contribution < -0.4 is 77.4 Å². The van der Waals surface area contributed by atoms with Gasteiger partial charge in [-0.15, -0.1) is 0 Å². The molecule has 1 fully saturated rings. The summed E-state index contributed by atoms with van der Waals surface area (Å²) in [6.07, 6.45) is 2.09. The minimum atomic E-state index is -1.68. The second kappa shape index (κ2) is 36.5. The van der Waals surface area contributed by atoms with Crippen molar-refractivity contribution in [1.29, 1.82) is 0 Å². The Labute approximate surface area is 479 Å². The van der Waals surface area contributed by atoms with Crippen LogP contribution in [0.4, 0.5) is 0 Å².